The van der Waals surface area contributed by atoms with Crippen molar-refractivity contribution in [2.45, 2.75) is 43.8 Å². The Labute approximate surface area is 226 Å². The first-order valence-electron chi connectivity index (χ1n) is 11.9. The van der Waals surface area contributed by atoms with E-state index in [-0.39, 0.29) is 22.0 Å². The van der Waals surface area contributed by atoms with Gasteiger partial charge in [-0.1, -0.05) is 6.07 Å². The van der Waals surface area contributed by atoms with E-state index in [1.807, 2.05) is 0 Å². The van der Waals surface area contributed by atoms with Gasteiger partial charge in [-0.2, -0.15) is 21.9 Å². The number of alkyl halides is 3. The third-order valence-electron chi connectivity index (χ3n) is 6.04. The number of aromatic nitrogens is 3. The maximum absolute atomic E-state index is 13.6. The largest absolute Gasteiger partial charge is 0.435 e. The van der Waals surface area contributed by atoms with Crippen LogP contribution in [0.1, 0.15) is 40.2 Å². The van der Waals surface area contributed by atoms with E-state index in [1.54, 1.807) is 0 Å². The summed E-state index contributed by atoms with van der Waals surface area (Å²) in [4.78, 5) is 29.5. The Bertz CT molecular complexity index is 1600. The molecule has 40 heavy (non-hydrogen) atoms. The summed E-state index contributed by atoms with van der Waals surface area (Å²) in [5.41, 5.74) is -2.43. The third-order valence-corrected chi connectivity index (χ3v) is 7.70. The molecule has 0 unspecified atom stereocenters. The molecule has 0 radical (unpaired) electrons. The first-order chi connectivity index (χ1) is 18.8. The smallest absolute Gasteiger partial charge is 0.435 e. The fraction of sp³-hybridized carbons (Fsp3) is 0.320. The molecule has 2 N–H and O–H groups in total. The molecule has 1 saturated heterocycles. The number of pyridine rings is 1. The van der Waals surface area contributed by atoms with Crippen LogP contribution in [0.15, 0.2) is 45.7 Å². The minimum Gasteiger partial charge on any atom is -0.435 e. The van der Waals surface area contributed by atoms with Crippen molar-refractivity contribution in [3.05, 3.63) is 64.9 Å². The van der Waals surface area contributed by atoms with Crippen molar-refractivity contribution in [1.82, 2.24) is 20.5 Å². The number of amides is 2. The molecule has 1 fully saturated rings. The number of rotatable bonds is 6. The van der Waals surface area contributed by atoms with Gasteiger partial charge >= 0.3 is 6.18 Å². The normalized spacial score (nSPS) is 16.7. The molecule has 2 aromatic heterocycles. The third kappa shape index (κ3) is 6.42. The molecule has 0 bridgehead atoms. The van der Waals surface area contributed by atoms with Gasteiger partial charge in [0.25, 0.3) is 17.7 Å². The quantitative estimate of drug-likeness (QED) is 0.323. The van der Waals surface area contributed by atoms with E-state index in [4.69, 9.17) is 4.74 Å². The topological polar surface area (TPSA) is 136 Å². The molecular formula is C25H24F4N6O4S. The number of nitrogens with zero attached hydrogens (tertiary/aromatic N) is 4. The maximum Gasteiger partial charge on any atom is 0.435 e. The van der Waals surface area contributed by atoms with Crippen molar-refractivity contribution in [2.24, 2.45) is 4.36 Å². The molecule has 2 atom stereocenters. The van der Waals surface area contributed by atoms with Crippen LogP contribution in [0.4, 0.5) is 23.2 Å². The fourth-order valence-corrected chi connectivity index (χ4v) is 5.28. The van der Waals surface area contributed by atoms with E-state index in [0.29, 0.717) is 13.0 Å². The molecular weight excluding hydrogens is 556 g/mol. The molecule has 3 aromatic rings. The van der Waals surface area contributed by atoms with Crippen LogP contribution in [0, 0.1) is 19.8 Å². The second-order valence-electron chi connectivity index (χ2n) is 9.03. The lowest BCUT2D eigenvalue weighted by Gasteiger charge is -2.16. The number of halogens is 4. The predicted molar refractivity (Wildman–Crippen MR) is 136 cm³/mol. The molecule has 15 heteroatoms. The van der Waals surface area contributed by atoms with Gasteiger partial charge in [-0.25, -0.2) is 9.19 Å². The zero-order valence-electron chi connectivity index (χ0n) is 21.5. The van der Waals surface area contributed by atoms with Gasteiger partial charge in [-0.15, -0.1) is 10.2 Å². The summed E-state index contributed by atoms with van der Waals surface area (Å²) in [5, 5.41) is 12.1. The summed E-state index contributed by atoms with van der Waals surface area (Å²) < 4.78 is 76.9. The van der Waals surface area contributed by atoms with Gasteiger partial charge in [0.05, 0.1) is 21.5 Å². The summed E-state index contributed by atoms with van der Waals surface area (Å²) in [7, 11) is -3.21. The zero-order chi connectivity index (χ0) is 29.2. The van der Waals surface area contributed by atoms with Gasteiger partial charge in [0, 0.05) is 16.8 Å². The minimum absolute atomic E-state index is 0.0559. The number of anilines is 1. The standard InChI is InChI=1S/C25H24F4N6O4S/c1-13-20(24(34-33-21(13)25(27,28)29)39-18-9-10-19(26)31-14(18)2)23(37)32-15-6-4-7-16(12-15)40(3,38)35-22(36)17-8-5-11-30-17/h4,6-7,9-10,12,17,30H,5,8,11H2,1-3H3,(H,32,37)/t17-,40+/m0/s1. The average molecular weight is 581 g/mol. The number of aryl methyl sites for hydroxylation is 1. The van der Waals surface area contributed by atoms with Crippen molar-refractivity contribution >= 4 is 27.2 Å². The molecule has 2 amide bonds. The first-order valence-corrected chi connectivity index (χ1v) is 13.8. The summed E-state index contributed by atoms with van der Waals surface area (Å²) in [6, 6.07) is 7.26. The lowest BCUT2D eigenvalue weighted by Crippen LogP contribution is -2.30. The second kappa shape index (κ2) is 11.3. The van der Waals surface area contributed by atoms with Crippen LogP contribution >= 0.6 is 0 Å². The van der Waals surface area contributed by atoms with Crippen molar-refractivity contribution < 1.29 is 36.1 Å². The van der Waals surface area contributed by atoms with E-state index < -0.39 is 62.4 Å². The predicted octanol–water partition coefficient (Wildman–Crippen LogP) is 4.43. The molecule has 0 spiro atoms. The Balaban J connectivity index is 1.69. The Morgan fingerprint density at radius 3 is 2.58 bits per heavy atom. The number of nitrogens with one attached hydrogen (secondary N) is 2. The van der Waals surface area contributed by atoms with Gasteiger partial charge in [0.2, 0.25) is 5.95 Å². The Hall–Kier alpha value is -3.98. The lowest BCUT2D eigenvalue weighted by molar-refractivity contribution is -0.142. The van der Waals surface area contributed by atoms with Crippen LogP contribution in [0.3, 0.4) is 0 Å². The van der Waals surface area contributed by atoms with Gasteiger partial charge in [0.1, 0.15) is 5.56 Å². The van der Waals surface area contributed by atoms with E-state index in [0.717, 1.165) is 19.4 Å². The molecule has 1 aliphatic rings. The van der Waals surface area contributed by atoms with Crippen molar-refractivity contribution in [3.8, 4) is 11.6 Å². The molecule has 212 valence electrons. The Morgan fingerprint density at radius 1 is 1.18 bits per heavy atom. The number of carbonyl (C=O) groups is 2. The molecule has 10 nitrogen and oxygen atoms in total. The highest BCUT2D eigenvalue weighted by Gasteiger charge is 2.38. The highest BCUT2D eigenvalue weighted by Crippen LogP contribution is 2.35. The number of ether oxygens (including phenoxy) is 1. The number of hydrogen-bond acceptors (Lipinski definition) is 8. The lowest BCUT2D eigenvalue weighted by atomic mass is 10.1. The van der Waals surface area contributed by atoms with Crippen LogP contribution in [-0.2, 0) is 20.7 Å². The van der Waals surface area contributed by atoms with Gasteiger partial charge in [-0.3, -0.25) is 9.59 Å². The maximum atomic E-state index is 13.6. The summed E-state index contributed by atoms with van der Waals surface area (Å²) in [5.74, 6) is -3.02. The zero-order valence-corrected chi connectivity index (χ0v) is 22.3. The molecule has 0 aliphatic carbocycles. The molecule has 1 aliphatic heterocycles. The summed E-state index contributed by atoms with van der Waals surface area (Å²) in [6.07, 6.45) is -2.28. The average Bonchev–Trinajstić information content (AvgIpc) is 3.40. The van der Waals surface area contributed by atoms with Crippen LogP contribution in [0.25, 0.3) is 0 Å². The summed E-state index contributed by atoms with van der Waals surface area (Å²) >= 11 is 0. The molecule has 1 aromatic carbocycles. The highest BCUT2D eigenvalue weighted by molar-refractivity contribution is 7.93. The van der Waals surface area contributed by atoms with E-state index in [9.17, 15) is 31.4 Å². The molecule has 3 heterocycles. The first kappa shape index (κ1) is 29.0. The van der Waals surface area contributed by atoms with E-state index in [2.05, 4.69) is 30.2 Å². The monoisotopic (exact) mass is 580 g/mol. The van der Waals surface area contributed by atoms with E-state index in [1.165, 1.54) is 43.5 Å². The minimum atomic E-state index is -4.92. The number of hydrogen-bond donors (Lipinski definition) is 2. The Morgan fingerprint density at radius 2 is 1.93 bits per heavy atom. The van der Waals surface area contributed by atoms with Gasteiger partial charge in [-0.05, 0) is 69.1 Å². The fourth-order valence-electron chi connectivity index (χ4n) is 4.02. The number of carbonyl (C=O) groups excluding carboxylic acids is 2. The van der Waals surface area contributed by atoms with Crippen molar-refractivity contribution in [2.75, 3.05) is 18.1 Å². The van der Waals surface area contributed by atoms with E-state index >= 15 is 0 Å². The van der Waals surface area contributed by atoms with Crippen LogP contribution in [-0.4, -0.2) is 50.0 Å². The van der Waals surface area contributed by atoms with Crippen LogP contribution in [0.5, 0.6) is 11.6 Å². The molecule has 4 rings (SSSR count). The number of benzene rings is 1. The molecule has 0 saturated carbocycles. The van der Waals surface area contributed by atoms with Gasteiger partial charge < -0.3 is 15.4 Å². The second-order valence-corrected chi connectivity index (χ2v) is 11.3. The van der Waals surface area contributed by atoms with Crippen molar-refractivity contribution in [3.63, 3.8) is 0 Å². The van der Waals surface area contributed by atoms with Gasteiger partial charge in [0.15, 0.2) is 11.4 Å². The summed E-state index contributed by atoms with van der Waals surface area (Å²) in [6.45, 7) is 3.08. The van der Waals surface area contributed by atoms with Crippen molar-refractivity contribution in [1.29, 1.82) is 0 Å². The van der Waals surface area contributed by atoms with Crippen LogP contribution in [0.2, 0.25) is 0 Å². The highest BCUT2D eigenvalue weighted by atomic mass is 32.2. The van der Waals surface area contributed by atoms with Crippen LogP contribution < -0.4 is 15.4 Å². The SMILES string of the molecule is Cc1nc(F)ccc1Oc1nnc(C(F)(F)F)c(C)c1C(=O)Nc1cccc([S@@](C)(=O)=NC(=O)[C@@H]2CCCN2)c1. The Kier molecular flexibility index (Phi) is 8.16.